The zero-order valence-corrected chi connectivity index (χ0v) is 10.5. The highest BCUT2D eigenvalue weighted by molar-refractivity contribution is 9.10. The Balaban J connectivity index is 3.16. The third-order valence-electron chi connectivity index (χ3n) is 2.07. The van der Waals surface area contributed by atoms with Crippen LogP contribution in [0.1, 0.15) is 18.4 Å². The van der Waals surface area contributed by atoms with Gasteiger partial charge in [0.05, 0.1) is 6.61 Å². The van der Waals surface area contributed by atoms with Crippen LogP contribution < -0.4 is 0 Å². The summed E-state index contributed by atoms with van der Waals surface area (Å²) in [4.78, 5) is 11.4. The van der Waals surface area contributed by atoms with Gasteiger partial charge in [-0.2, -0.15) is 13.2 Å². The van der Waals surface area contributed by atoms with Gasteiger partial charge < -0.3 is 4.74 Å². The van der Waals surface area contributed by atoms with Crippen LogP contribution >= 0.6 is 15.9 Å². The molecule has 0 saturated carbocycles. The quantitative estimate of drug-likeness (QED) is 0.796. The largest absolute Gasteiger partial charge is 0.465 e. The summed E-state index contributed by atoms with van der Waals surface area (Å²) < 4.78 is 43.2. The van der Waals surface area contributed by atoms with E-state index in [4.69, 9.17) is 0 Å². The summed E-state index contributed by atoms with van der Waals surface area (Å²) in [5.74, 6) is -3.54. The number of carbonyl (C=O) groups is 1. The molecule has 1 aromatic carbocycles. The SMILES string of the molecule is CCOC(=O)C(c1ccccc1Br)C(F)(F)F. The summed E-state index contributed by atoms with van der Waals surface area (Å²) >= 11 is 3.00. The molecule has 17 heavy (non-hydrogen) atoms. The molecule has 1 aromatic rings. The van der Waals surface area contributed by atoms with Crippen molar-refractivity contribution in [2.24, 2.45) is 0 Å². The van der Waals surface area contributed by atoms with Crippen molar-refractivity contribution < 1.29 is 22.7 Å². The molecule has 0 amide bonds. The summed E-state index contributed by atoms with van der Waals surface area (Å²) in [6.45, 7) is 1.38. The Bertz CT molecular complexity index is 404. The van der Waals surface area contributed by atoms with Crippen molar-refractivity contribution in [2.75, 3.05) is 6.61 Å². The molecule has 0 fully saturated rings. The maximum absolute atomic E-state index is 12.8. The summed E-state index contributed by atoms with van der Waals surface area (Å²) in [6.07, 6.45) is -4.67. The minimum absolute atomic E-state index is 0.0874. The highest BCUT2D eigenvalue weighted by Gasteiger charge is 2.47. The fourth-order valence-corrected chi connectivity index (χ4v) is 1.89. The molecule has 0 aliphatic carbocycles. The Morgan fingerprint density at radius 3 is 2.47 bits per heavy atom. The van der Waals surface area contributed by atoms with Gasteiger partial charge in [0.2, 0.25) is 0 Å². The smallest absolute Gasteiger partial charge is 0.406 e. The van der Waals surface area contributed by atoms with Crippen LogP contribution in [-0.4, -0.2) is 18.8 Å². The van der Waals surface area contributed by atoms with E-state index in [9.17, 15) is 18.0 Å². The number of alkyl halides is 3. The molecule has 0 aromatic heterocycles. The zero-order chi connectivity index (χ0) is 13.1. The molecule has 0 heterocycles. The predicted octanol–water partition coefficient (Wildman–Crippen LogP) is 3.66. The van der Waals surface area contributed by atoms with E-state index in [1.807, 2.05) is 0 Å². The molecule has 94 valence electrons. The van der Waals surface area contributed by atoms with Gasteiger partial charge in [-0.05, 0) is 18.6 Å². The molecule has 0 aliphatic rings. The predicted molar refractivity (Wildman–Crippen MR) is 59.6 cm³/mol. The molecule has 6 heteroatoms. The van der Waals surface area contributed by atoms with Crippen molar-refractivity contribution >= 4 is 21.9 Å². The van der Waals surface area contributed by atoms with Crippen LogP contribution in [-0.2, 0) is 9.53 Å². The van der Waals surface area contributed by atoms with E-state index in [-0.39, 0.29) is 16.6 Å². The normalized spacial score (nSPS) is 13.2. The fourth-order valence-electron chi connectivity index (χ4n) is 1.37. The minimum Gasteiger partial charge on any atom is -0.465 e. The molecular weight excluding hydrogens is 301 g/mol. The van der Waals surface area contributed by atoms with E-state index in [1.165, 1.54) is 25.1 Å². The van der Waals surface area contributed by atoms with E-state index >= 15 is 0 Å². The van der Waals surface area contributed by atoms with Gasteiger partial charge in [-0.1, -0.05) is 34.1 Å². The average molecular weight is 311 g/mol. The second kappa shape index (κ2) is 5.53. The second-order valence-electron chi connectivity index (χ2n) is 3.25. The van der Waals surface area contributed by atoms with Crippen LogP contribution in [0.3, 0.4) is 0 Å². The molecule has 1 atom stereocenters. The lowest BCUT2D eigenvalue weighted by molar-refractivity contribution is -0.181. The topological polar surface area (TPSA) is 26.3 Å². The fraction of sp³-hybridized carbons (Fsp3) is 0.364. The molecule has 0 N–H and O–H groups in total. The number of hydrogen-bond acceptors (Lipinski definition) is 2. The van der Waals surface area contributed by atoms with Gasteiger partial charge in [0.1, 0.15) is 0 Å². The van der Waals surface area contributed by atoms with Crippen LogP contribution in [0.25, 0.3) is 0 Å². The zero-order valence-electron chi connectivity index (χ0n) is 8.92. The molecule has 0 aliphatic heterocycles. The summed E-state index contributed by atoms with van der Waals surface area (Å²) in [6, 6.07) is 5.72. The van der Waals surface area contributed by atoms with Crippen LogP contribution in [0.15, 0.2) is 28.7 Å². The van der Waals surface area contributed by atoms with Gasteiger partial charge in [-0.15, -0.1) is 0 Å². The average Bonchev–Trinajstić information content (AvgIpc) is 2.19. The second-order valence-corrected chi connectivity index (χ2v) is 4.10. The number of esters is 1. The third kappa shape index (κ3) is 3.46. The van der Waals surface area contributed by atoms with Crippen LogP contribution in [0.2, 0.25) is 0 Å². The van der Waals surface area contributed by atoms with Crippen molar-refractivity contribution in [3.8, 4) is 0 Å². The summed E-state index contributed by atoms with van der Waals surface area (Å²) in [5.41, 5.74) is -0.140. The first-order chi connectivity index (χ1) is 7.88. The molecule has 0 spiro atoms. The van der Waals surface area contributed by atoms with Crippen molar-refractivity contribution in [1.82, 2.24) is 0 Å². The Kier molecular flexibility index (Phi) is 4.56. The van der Waals surface area contributed by atoms with E-state index in [1.54, 1.807) is 6.07 Å². The third-order valence-corrected chi connectivity index (χ3v) is 2.79. The lowest BCUT2D eigenvalue weighted by atomic mass is 9.99. The molecule has 0 bridgehead atoms. The van der Waals surface area contributed by atoms with E-state index in [0.717, 1.165) is 0 Å². The van der Waals surface area contributed by atoms with Gasteiger partial charge in [0.15, 0.2) is 5.92 Å². The van der Waals surface area contributed by atoms with Crippen LogP contribution in [0.5, 0.6) is 0 Å². The maximum Gasteiger partial charge on any atom is 0.406 e. The molecule has 2 nitrogen and oxygen atoms in total. The van der Waals surface area contributed by atoms with E-state index in [0.29, 0.717) is 0 Å². The van der Waals surface area contributed by atoms with Gasteiger partial charge in [0.25, 0.3) is 0 Å². The molecule has 1 unspecified atom stereocenters. The number of benzene rings is 1. The van der Waals surface area contributed by atoms with Crippen LogP contribution in [0.4, 0.5) is 13.2 Å². The first-order valence-corrected chi connectivity index (χ1v) is 5.65. The number of ether oxygens (including phenoxy) is 1. The van der Waals surface area contributed by atoms with Crippen molar-refractivity contribution in [3.63, 3.8) is 0 Å². The number of halogens is 4. The Labute approximate surface area is 105 Å². The van der Waals surface area contributed by atoms with Crippen molar-refractivity contribution in [2.45, 2.75) is 19.0 Å². The standard InChI is InChI=1S/C11H10BrF3O2/c1-2-17-10(16)9(11(13,14)15)7-5-3-4-6-8(7)12/h3-6,9H,2H2,1H3. The Morgan fingerprint density at radius 2 is 2.00 bits per heavy atom. The van der Waals surface area contributed by atoms with Gasteiger partial charge >= 0.3 is 12.1 Å². The van der Waals surface area contributed by atoms with Gasteiger partial charge in [0, 0.05) is 4.47 Å². The lowest BCUT2D eigenvalue weighted by Crippen LogP contribution is -2.30. The van der Waals surface area contributed by atoms with Crippen molar-refractivity contribution in [3.05, 3.63) is 34.3 Å². The Morgan fingerprint density at radius 1 is 1.41 bits per heavy atom. The first-order valence-electron chi connectivity index (χ1n) is 4.85. The molecule has 0 saturated heterocycles. The first kappa shape index (κ1) is 14.0. The highest BCUT2D eigenvalue weighted by Crippen LogP contribution is 2.38. The minimum atomic E-state index is -4.67. The van der Waals surface area contributed by atoms with E-state index in [2.05, 4.69) is 20.7 Å². The maximum atomic E-state index is 12.8. The molecular formula is C11H10BrF3O2. The highest BCUT2D eigenvalue weighted by atomic mass is 79.9. The molecule has 0 radical (unpaired) electrons. The van der Waals surface area contributed by atoms with Gasteiger partial charge in [-0.25, -0.2) is 0 Å². The number of carbonyl (C=O) groups excluding carboxylic acids is 1. The monoisotopic (exact) mass is 310 g/mol. The number of hydrogen-bond donors (Lipinski definition) is 0. The Hall–Kier alpha value is -1.04. The molecule has 1 rings (SSSR count). The lowest BCUT2D eigenvalue weighted by Gasteiger charge is -2.19. The van der Waals surface area contributed by atoms with Crippen molar-refractivity contribution in [1.29, 1.82) is 0 Å². The summed E-state index contributed by atoms with van der Waals surface area (Å²) in [7, 11) is 0. The van der Waals surface area contributed by atoms with Crippen LogP contribution in [0, 0.1) is 0 Å². The van der Waals surface area contributed by atoms with Gasteiger partial charge in [-0.3, -0.25) is 4.79 Å². The number of rotatable bonds is 3. The summed E-state index contributed by atoms with van der Waals surface area (Å²) in [5, 5.41) is 0. The van der Waals surface area contributed by atoms with E-state index < -0.39 is 18.1 Å².